The van der Waals surface area contributed by atoms with E-state index in [1.54, 1.807) is 0 Å². The van der Waals surface area contributed by atoms with Crippen LogP contribution in [0.1, 0.15) is 26.2 Å². The van der Waals surface area contributed by atoms with Crippen LogP contribution in [-0.4, -0.2) is 34.7 Å². The Morgan fingerprint density at radius 2 is 1.43 bits per heavy atom. The Morgan fingerprint density at radius 3 is 1.76 bits per heavy atom. The highest BCUT2D eigenvalue weighted by atomic mass is 32.2. The standard InChI is InChI=1S/C10H13F8NOS/c1-7(6(19)20,21-5-4-9(13,14)15)2-3-8(11,12)10(16,17)18/h2-5H2,1H3,(H2,19,20). The Labute approximate surface area is 119 Å². The molecule has 126 valence electrons. The van der Waals surface area contributed by atoms with E-state index in [9.17, 15) is 39.9 Å². The van der Waals surface area contributed by atoms with Gasteiger partial charge >= 0.3 is 18.3 Å². The predicted octanol–water partition coefficient (Wildman–Crippen LogP) is 3.89. The molecule has 0 aromatic rings. The molecule has 21 heavy (non-hydrogen) atoms. The van der Waals surface area contributed by atoms with Gasteiger partial charge in [-0.05, 0) is 13.3 Å². The second-order valence-corrected chi connectivity index (χ2v) is 6.11. The molecule has 0 aromatic carbocycles. The van der Waals surface area contributed by atoms with Crippen molar-refractivity contribution >= 4 is 17.7 Å². The van der Waals surface area contributed by atoms with Gasteiger partial charge in [-0.1, -0.05) is 0 Å². The maximum atomic E-state index is 12.8. The molecule has 1 amide bonds. The fourth-order valence-electron chi connectivity index (χ4n) is 1.20. The zero-order chi connectivity index (χ0) is 17.1. The summed E-state index contributed by atoms with van der Waals surface area (Å²) in [6, 6.07) is 0. The van der Waals surface area contributed by atoms with Crippen LogP contribution in [0.25, 0.3) is 0 Å². The lowest BCUT2D eigenvalue weighted by atomic mass is 10.0. The topological polar surface area (TPSA) is 43.1 Å². The summed E-state index contributed by atoms with van der Waals surface area (Å²) in [7, 11) is 0. The molecule has 1 atom stereocenters. The van der Waals surface area contributed by atoms with Gasteiger partial charge in [0.25, 0.3) is 0 Å². The van der Waals surface area contributed by atoms with Crippen molar-refractivity contribution in [3.63, 3.8) is 0 Å². The van der Waals surface area contributed by atoms with Crippen LogP contribution in [0.15, 0.2) is 0 Å². The SMILES string of the molecule is CC(CCC(F)(F)C(F)(F)F)(SCCC(F)(F)F)C(N)=O. The smallest absolute Gasteiger partial charge is 0.368 e. The lowest BCUT2D eigenvalue weighted by Crippen LogP contribution is -2.43. The molecular weight excluding hydrogens is 334 g/mol. The molecule has 0 aromatic heterocycles. The van der Waals surface area contributed by atoms with Gasteiger partial charge in [-0.15, -0.1) is 11.8 Å². The third kappa shape index (κ3) is 6.70. The van der Waals surface area contributed by atoms with Gasteiger partial charge in [0.2, 0.25) is 5.91 Å². The maximum absolute atomic E-state index is 12.8. The number of primary amides is 1. The second-order valence-electron chi connectivity index (χ2n) is 4.51. The maximum Gasteiger partial charge on any atom is 0.453 e. The summed E-state index contributed by atoms with van der Waals surface area (Å²) in [4.78, 5) is 11.1. The molecule has 0 bridgehead atoms. The Hall–Kier alpha value is -0.740. The number of hydrogen-bond donors (Lipinski definition) is 1. The lowest BCUT2D eigenvalue weighted by Gasteiger charge is -2.28. The van der Waals surface area contributed by atoms with Crippen LogP contribution in [0.3, 0.4) is 0 Å². The Balaban J connectivity index is 4.72. The minimum atomic E-state index is -5.79. The molecular formula is C10H13F8NOS. The van der Waals surface area contributed by atoms with Gasteiger partial charge < -0.3 is 5.73 Å². The van der Waals surface area contributed by atoms with E-state index in [2.05, 4.69) is 0 Å². The monoisotopic (exact) mass is 347 g/mol. The number of halogens is 8. The van der Waals surface area contributed by atoms with Crippen LogP contribution in [0.4, 0.5) is 35.1 Å². The molecule has 0 aliphatic heterocycles. The Kier molecular flexibility index (Phi) is 6.34. The summed E-state index contributed by atoms with van der Waals surface area (Å²) in [5, 5.41) is 0. The van der Waals surface area contributed by atoms with E-state index in [4.69, 9.17) is 5.73 Å². The van der Waals surface area contributed by atoms with Crippen LogP contribution >= 0.6 is 11.8 Å². The summed E-state index contributed by atoms with van der Waals surface area (Å²) in [5.41, 5.74) is 4.89. The molecule has 1 unspecified atom stereocenters. The third-order valence-electron chi connectivity index (χ3n) is 2.66. The average Bonchev–Trinajstić information content (AvgIpc) is 2.23. The largest absolute Gasteiger partial charge is 0.453 e. The van der Waals surface area contributed by atoms with E-state index in [1.165, 1.54) is 0 Å². The van der Waals surface area contributed by atoms with Crippen molar-refractivity contribution in [3.8, 4) is 0 Å². The van der Waals surface area contributed by atoms with Crippen LogP contribution in [0, 0.1) is 0 Å². The first kappa shape index (κ1) is 20.3. The Morgan fingerprint density at radius 1 is 0.952 bits per heavy atom. The van der Waals surface area contributed by atoms with Crippen molar-refractivity contribution in [2.75, 3.05) is 5.75 Å². The zero-order valence-corrected chi connectivity index (χ0v) is 11.6. The van der Waals surface area contributed by atoms with Crippen molar-refractivity contribution in [2.45, 2.75) is 49.2 Å². The van der Waals surface area contributed by atoms with Crippen LogP contribution in [0.2, 0.25) is 0 Å². The van der Waals surface area contributed by atoms with Crippen molar-refractivity contribution < 1.29 is 39.9 Å². The molecule has 0 spiro atoms. The first-order chi connectivity index (χ1) is 9.11. The van der Waals surface area contributed by atoms with Crippen LogP contribution in [0.5, 0.6) is 0 Å². The molecule has 0 rings (SSSR count). The summed E-state index contributed by atoms with van der Waals surface area (Å²) >= 11 is 0.315. The minimum Gasteiger partial charge on any atom is -0.368 e. The minimum absolute atomic E-state index is 0.315. The summed E-state index contributed by atoms with van der Waals surface area (Å²) in [6.07, 6.45) is -14.3. The number of amides is 1. The molecule has 0 saturated heterocycles. The van der Waals surface area contributed by atoms with Gasteiger partial charge in [0.15, 0.2) is 0 Å². The number of hydrogen-bond acceptors (Lipinski definition) is 2. The molecule has 0 aliphatic carbocycles. The first-order valence-corrected chi connectivity index (χ1v) is 6.54. The fourth-order valence-corrected chi connectivity index (χ4v) is 2.37. The lowest BCUT2D eigenvalue weighted by molar-refractivity contribution is -0.284. The number of carbonyl (C=O) groups is 1. The molecule has 11 heteroatoms. The van der Waals surface area contributed by atoms with E-state index >= 15 is 0 Å². The summed E-state index contributed by atoms with van der Waals surface area (Å²) < 4.78 is 95.5. The van der Waals surface area contributed by atoms with Gasteiger partial charge in [0.05, 0.1) is 11.2 Å². The second kappa shape index (κ2) is 6.57. The summed E-state index contributed by atoms with van der Waals surface area (Å²) in [5.74, 6) is -6.94. The zero-order valence-electron chi connectivity index (χ0n) is 10.7. The van der Waals surface area contributed by atoms with Gasteiger partial charge in [0.1, 0.15) is 0 Å². The first-order valence-electron chi connectivity index (χ1n) is 5.56. The number of alkyl halides is 8. The number of carbonyl (C=O) groups excluding carboxylic acids is 1. The van der Waals surface area contributed by atoms with Gasteiger partial charge in [-0.3, -0.25) is 4.79 Å². The van der Waals surface area contributed by atoms with Gasteiger partial charge in [-0.2, -0.15) is 35.1 Å². The van der Waals surface area contributed by atoms with E-state index < -0.39 is 53.9 Å². The predicted molar refractivity (Wildman–Crippen MR) is 61.0 cm³/mol. The van der Waals surface area contributed by atoms with E-state index in [1.807, 2.05) is 0 Å². The van der Waals surface area contributed by atoms with Crippen molar-refractivity contribution in [1.82, 2.24) is 0 Å². The van der Waals surface area contributed by atoms with Crippen LogP contribution in [-0.2, 0) is 4.79 Å². The van der Waals surface area contributed by atoms with Crippen molar-refractivity contribution in [3.05, 3.63) is 0 Å². The third-order valence-corrected chi connectivity index (χ3v) is 4.11. The van der Waals surface area contributed by atoms with E-state index in [0.717, 1.165) is 6.92 Å². The highest BCUT2D eigenvalue weighted by Gasteiger charge is 2.57. The quantitative estimate of drug-likeness (QED) is 0.710. The average molecular weight is 347 g/mol. The molecule has 2 nitrogen and oxygen atoms in total. The van der Waals surface area contributed by atoms with E-state index in [0.29, 0.717) is 11.8 Å². The molecule has 2 N–H and O–H groups in total. The molecule has 0 radical (unpaired) electrons. The molecule has 0 aliphatic rings. The van der Waals surface area contributed by atoms with Gasteiger partial charge in [0, 0.05) is 12.2 Å². The van der Waals surface area contributed by atoms with Crippen molar-refractivity contribution in [2.24, 2.45) is 5.73 Å². The Bertz CT molecular complexity index is 367. The fraction of sp³-hybridized carbons (Fsp3) is 0.900. The van der Waals surface area contributed by atoms with E-state index in [-0.39, 0.29) is 0 Å². The number of thioether (sulfide) groups is 1. The molecule has 0 saturated carbocycles. The van der Waals surface area contributed by atoms with Gasteiger partial charge in [-0.25, -0.2) is 0 Å². The number of rotatable bonds is 7. The molecule has 0 fully saturated rings. The number of nitrogens with two attached hydrogens (primary N) is 1. The summed E-state index contributed by atoms with van der Waals surface area (Å²) in [6.45, 7) is 0.947. The normalized spacial score (nSPS) is 16.6. The van der Waals surface area contributed by atoms with Crippen LogP contribution < -0.4 is 5.73 Å². The highest BCUT2D eigenvalue weighted by Crippen LogP contribution is 2.42. The van der Waals surface area contributed by atoms with Crippen molar-refractivity contribution in [1.29, 1.82) is 0 Å². The molecule has 0 heterocycles. The highest BCUT2D eigenvalue weighted by molar-refractivity contribution is 8.01.